The molecule has 4 rings (SSSR count). The van der Waals surface area contributed by atoms with Crippen LogP contribution in [0.3, 0.4) is 0 Å². The highest BCUT2D eigenvalue weighted by atomic mass is 16.5. The molecule has 2 N–H and O–H groups in total. The second-order valence-electron chi connectivity index (χ2n) is 11.9. The van der Waals surface area contributed by atoms with Gasteiger partial charge in [-0.2, -0.15) is 0 Å². The number of aliphatic hydroxyl groups excluding tert-OH is 2. The van der Waals surface area contributed by atoms with Crippen LogP contribution < -0.4 is 0 Å². The van der Waals surface area contributed by atoms with Gasteiger partial charge in [0.1, 0.15) is 0 Å². The van der Waals surface area contributed by atoms with Crippen molar-refractivity contribution >= 4 is 0 Å². The summed E-state index contributed by atoms with van der Waals surface area (Å²) in [6.07, 6.45) is 17.8. The molecule has 0 saturated heterocycles. The molecule has 0 bridgehead atoms. The highest BCUT2D eigenvalue weighted by Gasteiger charge is 2.56. The number of hydrogen-bond acceptors (Lipinski definition) is 3. The first-order valence-corrected chi connectivity index (χ1v) is 13.7. The molecule has 32 heavy (non-hydrogen) atoms. The Morgan fingerprint density at radius 2 is 1.72 bits per heavy atom. The summed E-state index contributed by atoms with van der Waals surface area (Å²) in [4.78, 5) is 0. The predicted molar refractivity (Wildman–Crippen MR) is 131 cm³/mol. The Bertz CT molecular complexity index is 685. The second-order valence-corrected chi connectivity index (χ2v) is 11.9. The van der Waals surface area contributed by atoms with E-state index in [1.165, 1.54) is 56.9 Å². The third-order valence-electron chi connectivity index (χ3n) is 10.3. The van der Waals surface area contributed by atoms with Crippen molar-refractivity contribution in [3.63, 3.8) is 0 Å². The quantitative estimate of drug-likeness (QED) is 0.444. The maximum atomic E-state index is 10.6. The lowest BCUT2D eigenvalue weighted by molar-refractivity contribution is -0.0291. The van der Waals surface area contributed by atoms with Crippen LogP contribution in [-0.2, 0) is 4.74 Å². The average Bonchev–Trinajstić information content (AvgIpc) is 3.50. The van der Waals surface area contributed by atoms with Crippen LogP contribution in [0.5, 0.6) is 0 Å². The lowest BCUT2D eigenvalue weighted by Gasteiger charge is -2.44. The highest BCUT2D eigenvalue weighted by Crippen LogP contribution is 2.59. The number of ether oxygens (including phenoxy) is 1. The van der Waals surface area contributed by atoms with Crippen molar-refractivity contribution in [1.29, 1.82) is 0 Å². The molecule has 6 atom stereocenters. The zero-order valence-corrected chi connectivity index (χ0v) is 21.1. The molecule has 3 heteroatoms. The van der Waals surface area contributed by atoms with E-state index in [1.54, 1.807) is 5.57 Å². The van der Waals surface area contributed by atoms with Gasteiger partial charge in [-0.05, 0) is 94.3 Å². The van der Waals surface area contributed by atoms with Gasteiger partial charge < -0.3 is 14.9 Å². The minimum atomic E-state index is -0.360. The number of aliphatic hydroxyl groups is 2. The molecule has 0 aromatic carbocycles. The topological polar surface area (TPSA) is 49.7 Å². The van der Waals surface area contributed by atoms with E-state index in [0.717, 1.165) is 38.2 Å². The van der Waals surface area contributed by atoms with E-state index >= 15 is 0 Å². The van der Waals surface area contributed by atoms with E-state index in [4.69, 9.17) is 4.74 Å². The van der Waals surface area contributed by atoms with Gasteiger partial charge >= 0.3 is 0 Å². The first-order valence-electron chi connectivity index (χ1n) is 13.7. The molecule has 0 aromatic heterocycles. The van der Waals surface area contributed by atoms with Gasteiger partial charge in [0.05, 0.1) is 18.3 Å². The van der Waals surface area contributed by atoms with E-state index < -0.39 is 0 Å². The molecule has 0 aliphatic heterocycles. The van der Waals surface area contributed by atoms with Crippen molar-refractivity contribution < 1.29 is 14.9 Å². The van der Waals surface area contributed by atoms with Gasteiger partial charge in [0, 0.05) is 12.0 Å². The third-order valence-corrected chi connectivity index (χ3v) is 10.3. The minimum absolute atomic E-state index is 0.170. The largest absolute Gasteiger partial charge is 0.392 e. The first kappa shape index (κ1) is 24.5. The number of rotatable bonds is 8. The van der Waals surface area contributed by atoms with Gasteiger partial charge in [-0.3, -0.25) is 0 Å². The van der Waals surface area contributed by atoms with Crippen LogP contribution in [0.15, 0.2) is 23.3 Å². The lowest BCUT2D eigenvalue weighted by Crippen LogP contribution is -2.39. The van der Waals surface area contributed by atoms with Gasteiger partial charge in [-0.15, -0.1) is 0 Å². The average molecular weight is 445 g/mol. The molecule has 4 aliphatic carbocycles. The molecule has 4 fully saturated rings. The van der Waals surface area contributed by atoms with Crippen molar-refractivity contribution in [1.82, 2.24) is 0 Å². The summed E-state index contributed by atoms with van der Waals surface area (Å²) in [6, 6.07) is 0. The van der Waals surface area contributed by atoms with E-state index in [1.807, 2.05) is 0 Å². The molecule has 1 spiro atoms. The molecule has 182 valence electrons. The summed E-state index contributed by atoms with van der Waals surface area (Å²) >= 11 is 0. The Morgan fingerprint density at radius 3 is 2.34 bits per heavy atom. The Balaban J connectivity index is 1.39. The molecular weight excluding hydrogens is 396 g/mol. The molecule has 1 unspecified atom stereocenters. The molecule has 4 aliphatic rings. The zero-order chi connectivity index (χ0) is 22.9. The zero-order valence-electron chi connectivity index (χ0n) is 21.1. The predicted octanol–water partition coefficient (Wildman–Crippen LogP) is 6.58. The van der Waals surface area contributed by atoms with Gasteiger partial charge in [-0.1, -0.05) is 56.9 Å². The number of allylic oxidation sites excluding steroid dienone is 3. The molecule has 0 heterocycles. The molecule has 0 radical (unpaired) electrons. The minimum Gasteiger partial charge on any atom is -0.392 e. The fourth-order valence-electron chi connectivity index (χ4n) is 7.66. The van der Waals surface area contributed by atoms with Crippen LogP contribution in [0.25, 0.3) is 0 Å². The summed E-state index contributed by atoms with van der Waals surface area (Å²) in [6.45, 7) is 10.4. The number of hydrogen-bond donors (Lipinski definition) is 2. The lowest BCUT2D eigenvalue weighted by atomic mass is 9.62. The molecular formula is C29H48O3. The first-order chi connectivity index (χ1) is 15.3. The van der Waals surface area contributed by atoms with Crippen molar-refractivity contribution in [3.05, 3.63) is 23.3 Å². The van der Waals surface area contributed by atoms with E-state index in [-0.39, 0.29) is 17.6 Å². The Hall–Kier alpha value is -0.640. The summed E-state index contributed by atoms with van der Waals surface area (Å²) in [5.74, 6) is 2.12. The van der Waals surface area contributed by atoms with Crippen LogP contribution in [0, 0.1) is 28.6 Å². The van der Waals surface area contributed by atoms with Crippen molar-refractivity contribution in [2.45, 2.75) is 123 Å². The van der Waals surface area contributed by atoms with Crippen LogP contribution in [0.4, 0.5) is 0 Å². The van der Waals surface area contributed by atoms with Gasteiger partial charge in [0.15, 0.2) is 0 Å². The SMILES string of the molecule is CCC(CC)CCO[C@H](C)[C@H]1CCC2/C(=C/C=C3C[C@@H](O)C4(CC4)[C@H](O)C3)CCC[C@@]21C. The summed E-state index contributed by atoms with van der Waals surface area (Å²) in [5, 5.41) is 21.1. The Morgan fingerprint density at radius 1 is 1.03 bits per heavy atom. The second kappa shape index (κ2) is 9.92. The van der Waals surface area contributed by atoms with Gasteiger partial charge in [0.2, 0.25) is 0 Å². The molecule has 0 amide bonds. The van der Waals surface area contributed by atoms with Crippen LogP contribution in [-0.4, -0.2) is 35.1 Å². The molecule has 0 aromatic rings. The van der Waals surface area contributed by atoms with E-state index in [2.05, 4.69) is 39.8 Å². The van der Waals surface area contributed by atoms with Crippen molar-refractivity contribution in [2.75, 3.05) is 6.61 Å². The third kappa shape index (κ3) is 4.64. The summed E-state index contributed by atoms with van der Waals surface area (Å²) < 4.78 is 6.43. The van der Waals surface area contributed by atoms with Crippen LogP contribution in [0.1, 0.15) is 105 Å². The molecule has 4 saturated carbocycles. The number of fused-ring (bicyclic) bond motifs is 1. The van der Waals surface area contributed by atoms with Gasteiger partial charge in [0.25, 0.3) is 0 Å². The van der Waals surface area contributed by atoms with Crippen LogP contribution in [0.2, 0.25) is 0 Å². The summed E-state index contributed by atoms with van der Waals surface area (Å²) in [5.41, 5.74) is 3.01. The smallest absolute Gasteiger partial charge is 0.0658 e. The van der Waals surface area contributed by atoms with Crippen molar-refractivity contribution in [3.8, 4) is 0 Å². The maximum Gasteiger partial charge on any atom is 0.0658 e. The van der Waals surface area contributed by atoms with E-state index in [0.29, 0.717) is 23.4 Å². The monoisotopic (exact) mass is 444 g/mol. The molecule has 3 nitrogen and oxygen atoms in total. The normalized spacial score (nSPS) is 38.3. The van der Waals surface area contributed by atoms with Crippen LogP contribution >= 0.6 is 0 Å². The summed E-state index contributed by atoms with van der Waals surface area (Å²) in [7, 11) is 0. The fourth-order valence-corrected chi connectivity index (χ4v) is 7.66. The fraction of sp³-hybridized carbons (Fsp3) is 0.862. The maximum absolute atomic E-state index is 10.6. The van der Waals surface area contributed by atoms with E-state index in [9.17, 15) is 10.2 Å². The van der Waals surface area contributed by atoms with Gasteiger partial charge in [-0.25, -0.2) is 0 Å². The Kier molecular flexibility index (Phi) is 7.59. The highest BCUT2D eigenvalue weighted by molar-refractivity contribution is 5.28. The van der Waals surface area contributed by atoms with Crippen molar-refractivity contribution in [2.24, 2.45) is 28.6 Å². The standard InChI is InChI=1S/C29H48O3/c1-5-21(6-2)13-17-32-20(3)24-11-12-25-23(8-7-14-28(24,25)4)10-9-22-18-26(30)29(15-16-29)27(31)19-22/h9-10,20-21,24-27,30-31H,5-8,11-19H2,1-4H3/b23-10+/t20-,24-,25?,26-,27-,28-/m1/s1. The Labute approximate surface area is 196 Å².